The third-order valence-electron chi connectivity index (χ3n) is 4.12. The number of thiazole rings is 1. The molecular weight excluding hydrogens is 473 g/mol. The van der Waals surface area contributed by atoms with Gasteiger partial charge < -0.3 is 10.6 Å². The van der Waals surface area contributed by atoms with Crippen LogP contribution in [-0.2, 0) is 16.6 Å². The monoisotopic (exact) mass is 501 g/mol. The Kier molecular flexibility index (Phi) is 9.60. The first-order chi connectivity index (χ1) is 11.4. The standard InChI is InChI=1S/C15H27N5O2S2.HI/c1-11-14(23-12(2)20-11)10-18-15(16-3)17-7-8-24(21,22)19-9-13-5-4-6-13;/h13,19H,4-10H2,1-3H3,(H2,16,17,18);1H. The Labute approximate surface area is 171 Å². The Morgan fingerprint density at radius 2 is 2.04 bits per heavy atom. The van der Waals surface area contributed by atoms with E-state index in [0.29, 0.717) is 31.5 Å². The Bertz CT molecular complexity index is 671. The van der Waals surface area contributed by atoms with Crippen molar-refractivity contribution in [3.63, 3.8) is 0 Å². The lowest BCUT2D eigenvalue weighted by Gasteiger charge is -2.25. The van der Waals surface area contributed by atoms with E-state index in [4.69, 9.17) is 0 Å². The molecule has 1 saturated carbocycles. The van der Waals surface area contributed by atoms with Crippen LogP contribution in [0.4, 0.5) is 0 Å². The molecule has 0 spiro atoms. The van der Waals surface area contributed by atoms with Crippen molar-refractivity contribution >= 4 is 51.3 Å². The average Bonchev–Trinajstić information content (AvgIpc) is 2.78. The molecule has 0 aliphatic heterocycles. The van der Waals surface area contributed by atoms with Gasteiger partial charge in [0.25, 0.3) is 0 Å². The molecule has 144 valence electrons. The van der Waals surface area contributed by atoms with Crippen molar-refractivity contribution in [3.05, 3.63) is 15.6 Å². The SMILES string of the molecule is CN=C(NCCS(=O)(=O)NCC1CCC1)NCc1sc(C)nc1C.I. The lowest BCUT2D eigenvalue weighted by atomic mass is 9.86. The van der Waals surface area contributed by atoms with E-state index in [9.17, 15) is 8.42 Å². The van der Waals surface area contributed by atoms with Gasteiger partial charge in [-0.3, -0.25) is 4.99 Å². The first kappa shape index (κ1) is 22.6. The highest BCUT2D eigenvalue weighted by Crippen LogP contribution is 2.25. The predicted molar refractivity (Wildman–Crippen MR) is 114 cm³/mol. The Hall–Kier alpha value is -0.460. The maximum absolute atomic E-state index is 12.0. The van der Waals surface area contributed by atoms with Gasteiger partial charge in [0, 0.05) is 25.0 Å². The Morgan fingerprint density at radius 1 is 1.32 bits per heavy atom. The summed E-state index contributed by atoms with van der Waals surface area (Å²) in [6.45, 7) is 5.48. The molecule has 10 heteroatoms. The van der Waals surface area contributed by atoms with Crippen LogP contribution in [0.2, 0.25) is 0 Å². The van der Waals surface area contributed by atoms with Gasteiger partial charge in [0.2, 0.25) is 10.0 Å². The first-order valence-electron chi connectivity index (χ1n) is 8.24. The zero-order valence-corrected chi connectivity index (χ0v) is 18.9. The molecule has 1 aliphatic carbocycles. The van der Waals surface area contributed by atoms with Crippen molar-refractivity contribution in [1.29, 1.82) is 0 Å². The van der Waals surface area contributed by atoms with Gasteiger partial charge in [-0.25, -0.2) is 18.1 Å². The minimum absolute atomic E-state index is 0. The van der Waals surface area contributed by atoms with Gasteiger partial charge in [0.15, 0.2) is 5.96 Å². The summed E-state index contributed by atoms with van der Waals surface area (Å²) in [7, 11) is -1.56. The highest BCUT2D eigenvalue weighted by Gasteiger charge is 2.20. The number of nitrogens with zero attached hydrogens (tertiary/aromatic N) is 2. The largest absolute Gasteiger partial charge is 0.355 e. The molecule has 0 unspecified atom stereocenters. The van der Waals surface area contributed by atoms with E-state index in [1.165, 1.54) is 6.42 Å². The third-order valence-corrected chi connectivity index (χ3v) is 6.54. The zero-order chi connectivity index (χ0) is 17.6. The Morgan fingerprint density at radius 3 is 2.56 bits per heavy atom. The highest BCUT2D eigenvalue weighted by molar-refractivity contribution is 14.0. The van der Waals surface area contributed by atoms with Crippen LogP contribution in [0.3, 0.4) is 0 Å². The highest BCUT2D eigenvalue weighted by atomic mass is 127. The van der Waals surface area contributed by atoms with E-state index in [1.807, 2.05) is 13.8 Å². The minimum Gasteiger partial charge on any atom is -0.355 e. The molecule has 0 atom stereocenters. The van der Waals surface area contributed by atoms with E-state index < -0.39 is 10.0 Å². The van der Waals surface area contributed by atoms with Crippen LogP contribution in [0.1, 0.15) is 34.8 Å². The number of guanidine groups is 1. The second-order valence-corrected chi connectivity index (χ2v) is 9.27. The molecule has 0 bridgehead atoms. The van der Waals surface area contributed by atoms with Crippen molar-refractivity contribution < 1.29 is 8.42 Å². The summed E-state index contributed by atoms with van der Waals surface area (Å²) in [6, 6.07) is 0. The fourth-order valence-corrected chi connectivity index (χ4v) is 4.32. The average molecular weight is 501 g/mol. The lowest BCUT2D eigenvalue weighted by molar-refractivity contribution is 0.316. The second-order valence-electron chi connectivity index (χ2n) is 6.06. The summed E-state index contributed by atoms with van der Waals surface area (Å²) < 4.78 is 26.6. The van der Waals surface area contributed by atoms with Gasteiger partial charge in [-0.1, -0.05) is 6.42 Å². The van der Waals surface area contributed by atoms with Crippen molar-refractivity contribution in [2.75, 3.05) is 25.9 Å². The number of aliphatic imine (C=N–C) groups is 1. The molecule has 0 aromatic carbocycles. The molecule has 25 heavy (non-hydrogen) atoms. The second kappa shape index (κ2) is 10.6. The van der Waals surface area contributed by atoms with E-state index in [0.717, 1.165) is 28.4 Å². The predicted octanol–water partition coefficient (Wildman–Crippen LogP) is 1.76. The summed E-state index contributed by atoms with van der Waals surface area (Å²) in [6.07, 6.45) is 3.48. The molecule has 1 fully saturated rings. The molecule has 1 aromatic heterocycles. The van der Waals surface area contributed by atoms with Crippen molar-refractivity contribution in [2.24, 2.45) is 10.9 Å². The molecule has 3 N–H and O–H groups in total. The fraction of sp³-hybridized carbons (Fsp3) is 0.733. The molecule has 1 heterocycles. The number of hydrogen-bond acceptors (Lipinski definition) is 5. The number of hydrogen-bond donors (Lipinski definition) is 3. The number of nitrogens with one attached hydrogen (secondary N) is 3. The first-order valence-corrected chi connectivity index (χ1v) is 10.7. The number of aromatic nitrogens is 1. The van der Waals surface area contributed by atoms with Crippen LogP contribution >= 0.6 is 35.3 Å². The maximum Gasteiger partial charge on any atom is 0.213 e. The summed E-state index contributed by atoms with van der Waals surface area (Å²) in [5.41, 5.74) is 1.02. The molecule has 2 rings (SSSR count). The summed E-state index contributed by atoms with van der Waals surface area (Å²) >= 11 is 1.65. The van der Waals surface area contributed by atoms with Gasteiger partial charge in [-0.15, -0.1) is 35.3 Å². The molecule has 7 nitrogen and oxygen atoms in total. The van der Waals surface area contributed by atoms with Crippen LogP contribution < -0.4 is 15.4 Å². The molecule has 1 aromatic rings. The van der Waals surface area contributed by atoms with Crippen LogP contribution in [0.5, 0.6) is 0 Å². The number of rotatable bonds is 8. The lowest BCUT2D eigenvalue weighted by Crippen LogP contribution is -2.41. The third kappa shape index (κ3) is 7.75. The van der Waals surface area contributed by atoms with Gasteiger partial charge in [0.1, 0.15) is 0 Å². The quantitative estimate of drug-likeness (QED) is 0.287. The summed E-state index contributed by atoms with van der Waals surface area (Å²) in [4.78, 5) is 9.66. The van der Waals surface area contributed by atoms with Crippen molar-refractivity contribution in [2.45, 2.75) is 39.7 Å². The summed E-state index contributed by atoms with van der Waals surface area (Å²) in [5.74, 6) is 1.15. The van der Waals surface area contributed by atoms with Crippen LogP contribution in [0.25, 0.3) is 0 Å². The molecular formula is C15H28IN5O2S2. The van der Waals surface area contributed by atoms with Gasteiger partial charge in [-0.05, 0) is 32.6 Å². The smallest absolute Gasteiger partial charge is 0.213 e. The number of aryl methyl sites for hydroxylation is 2. The van der Waals surface area contributed by atoms with Crippen LogP contribution in [0.15, 0.2) is 4.99 Å². The van der Waals surface area contributed by atoms with Gasteiger partial charge in [0.05, 0.1) is 23.0 Å². The van der Waals surface area contributed by atoms with Gasteiger partial charge in [-0.2, -0.15) is 0 Å². The zero-order valence-electron chi connectivity index (χ0n) is 15.0. The number of sulfonamides is 1. The molecule has 0 amide bonds. The van der Waals surface area contributed by atoms with Crippen molar-refractivity contribution in [3.8, 4) is 0 Å². The molecule has 1 aliphatic rings. The summed E-state index contributed by atoms with van der Waals surface area (Å²) in [5, 5.41) is 7.27. The minimum atomic E-state index is -3.23. The van der Waals surface area contributed by atoms with E-state index >= 15 is 0 Å². The maximum atomic E-state index is 12.0. The fourth-order valence-electron chi connectivity index (χ4n) is 2.44. The van der Waals surface area contributed by atoms with E-state index in [2.05, 4.69) is 25.3 Å². The topological polar surface area (TPSA) is 95.5 Å². The van der Waals surface area contributed by atoms with Gasteiger partial charge >= 0.3 is 0 Å². The van der Waals surface area contributed by atoms with Crippen LogP contribution in [0, 0.1) is 19.8 Å². The Balaban J connectivity index is 0.00000312. The molecule has 0 saturated heterocycles. The number of halogens is 1. The van der Waals surface area contributed by atoms with E-state index in [1.54, 1.807) is 18.4 Å². The molecule has 0 radical (unpaired) electrons. The normalized spacial score (nSPS) is 15.4. The van der Waals surface area contributed by atoms with E-state index in [-0.39, 0.29) is 29.7 Å². The van der Waals surface area contributed by atoms with Crippen molar-refractivity contribution in [1.82, 2.24) is 20.3 Å². The van der Waals surface area contributed by atoms with Crippen LogP contribution in [-0.4, -0.2) is 45.3 Å².